The van der Waals surface area contributed by atoms with Crippen LogP contribution in [0.4, 0.5) is 4.39 Å². The molecule has 0 N–H and O–H groups in total. The summed E-state index contributed by atoms with van der Waals surface area (Å²) < 4.78 is 13.7. The number of carbonyl (C=O) groups excluding carboxylic acids is 1. The van der Waals surface area contributed by atoms with Crippen molar-refractivity contribution < 1.29 is 9.18 Å². The largest absolute Gasteiger partial charge is 0.340 e. The first-order chi connectivity index (χ1) is 7.91. The van der Waals surface area contributed by atoms with Gasteiger partial charge in [-0.2, -0.15) is 0 Å². The monoisotopic (exact) mass is 302 g/mol. The Kier molecular flexibility index (Phi) is 5.08. The first kappa shape index (κ1) is 14.1. The topological polar surface area (TPSA) is 23.6 Å². The number of likely N-dealkylation sites (N-methyl/N-ethyl adjacent to an activating group) is 2. The van der Waals surface area contributed by atoms with Crippen LogP contribution in [0.25, 0.3) is 0 Å². The number of hydrogen-bond donors (Lipinski definition) is 0. The van der Waals surface area contributed by atoms with E-state index in [1.165, 1.54) is 12.1 Å². The molecule has 0 radical (unpaired) electrons. The molecule has 5 heteroatoms. The quantitative estimate of drug-likeness (QED) is 0.851. The predicted octanol–water partition coefficient (Wildman–Crippen LogP) is 2.22. The van der Waals surface area contributed by atoms with E-state index >= 15 is 0 Å². The van der Waals surface area contributed by atoms with Crippen LogP contribution in [0.5, 0.6) is 0 Å². The van der Waals surface area contributed by atoms with Gasteiger partial charge in [0.05, 0.1) is 5.56 Å². The van der Waals surface area contributed by atoms with Crippen LogP contribution in [0.2, 0.25) is 0 Å². The highest BCUT2D eigenvalue weighted by Gasteiger charge is 2.15. The minimum absolute atomic E-state index is 0.182. The second-order valence-electron chi connectivity index (χ2n) is 4.15. The summed E-state index contributed by atoms with van der Waals surface area (Å²) in [6.07, 6.45) is 0. The van der Waals surface area contributed by atoms with E-state index in [0.29, 0.717) is 16.6 Å². The molecule has 0 bridgehead atoms. The highest BCUT2D eigenvalue weighted by Crippen LogP contribution is 2.19. The number of amides is 1. The number of nitrogens with zero attached hydrogens (tertiary/aromatic N) is 2. The molecule has 1 aromatic carbocycles. The van der Waals surface area contributed by atoms with Gasteiger partial charge in [0.25, 0.3) is 5.91 Å². The Balaban J connectivity index is 2.78. The van der Waals surface area contributed by atoms with Crippen molar-refractivity contribution in [2.75, 3.05) is 34.2 Å². The lowest BCUT2D eigenvalue weighted by atomic mass is 10.2. The van der Waals surface area contributed by atoms with E-state index in [0.717, 1.165) is 6.54 Å². The van der Waals surface area contributed by atoms with Crippen molar-refractivity contribution in [1.29, 1.82) is 0 Å². The normalized spacial score (nSPS) is 10.7. The molecule has 0 fully saturated rings. The van der Waals surface area contributed by atoms with Crippen LogP contribution in [-0.2, 0) is 0 Å². The molecule has 1 amide bonds. The van der Waals surface area contributed by atoms with Gasteiger partial charge in [0, 0.05) is 24.6 Å². The fourth-order valence-corrected chi connectivity index (χ4v) is 1.73. The van der Waals surface area contributed by atoms with Crippen molar-refractivity contribution in [1.82, 2.24) is 9.80 Å². The number of benzene rings is 1. The van der Waals surface area contributed by atoms with Crippen LogP contribution in [0.15, 0.2) is 22.7 Å². The SMILES string of the molecule is CN(C)CCN(C)C(=O)c1cc(F)ccc1Br. The summed E-state index contributed by atoms with van der Waals surface area (Å²) in [4.78, 5) is 15.6. The molecule has 0 aromatic heterocycles. The van der Waals surface area contributed by atoms with Crippen molar-refractivity contribution in [2.45, 2.75) is 0 Å². The van der Waals surface area contributed by atoms with Crippen molar-refractivity contribution in [2.24, 2.45) is 0 Å². The van der Waals surface area contributed by atoms with Crippen molar-refractivity contribution in [3.63, 3.8) is 0 Å². The van der Waals surface area contributed by atoms with Crippen LogP contribution in [-0.4, -0.2) is 49.9 Å². The minimum Gasteiger partial charge on any atom is -0.340 e. The minimum atomic E-state index is -0.405. The van der Waals surface area contributed by atoms with Crippen molar-refractivity contribution in [3.05, 3.63) is 34.1 Å². The Labute approximate surface area is 109 Å². The summed E-state index contributed by atoms with van der Waals surface area (Å²) in [5.41, 5.74) is 0.353. The Bertz CT molecular complexity index is 409. The van der Waals surface area contributed by atoms with E-state index in [1.807, 2.05) is 19.0 Å². The molecule has 0 saturated carbocycles. The maximum absolute atomic E-state index is 13.1. The summed E-state index contributed by atoms with van der Waals surface area (Å²) in [6, 6.07) is 4.11. The molecule has 0 spiro atoms. The summed E-state index contributed by atoms with van der Waals surface area (Å²) in [7, 11) is 5.59. The molecule has 0 heterocycles. The molecular formula is C12H16BrFN2O. The third-order valence-electron chi connectivity index (χ3n) is 2.39. The maximum Gasteiger partial charge on any atom is 0.254 e. The molecule has 94 valence electrons. The molecule has 3 nitrogen and oxygen atoms in total. The highest BCUT2D eigenvalue weighted by molar-refractivity contribution is 9.10. The molecule has 0 aliphatic heterocycles. The lowest BCUT2D eigenvalue weighted by Gasteiger charge is -2.20. The van der Waals surface area contributed by atoms with E-state index in [-0.39, 0.29) is 5.91 Å². The lowest BCUT2D eigenvalue weighted by Crippen LogP contribution is -2.33. The number of hydrogen-bond acceptors (Lipinski definition) is 2. The summed E-state index contributed by atoms with van der Waals surface area (Å²) >= 11 is 3.25. The van der Waals surface area contributed by atoms with Gasteiger partial charge in [-0.15, -0.1) is 0 Å². The van der Waals surface area contributed by atoms with Crippen LogP contribution in [0, 0.1) is 5.82 Å². The molecule has 0 aliphatic carbocycles. The first-order valence-corrected chi connectivity index (χ1v) is 6.06. The van der Waals surface area contributed by atoms with E-state index in [9.17, 15) is 9.18 Å². The molecule has 0 saturated heterocycles. The number of halogens is 2. The van der Waals surface area contributed by atoms with E-state index in [4.69, 9.17) is 0 Å². The number of carbonyl (C=O) groups is 1. The summed E-state index contributed by atoms with van der Waals surface area (Å²) in [5, 5.41) is 0. The van der Waals surface area contributed by atoms with Crippen LogP contribution < -0.4 is 0 Å². The van der Waals surface area contributed by atoms with Crippen molar-refractivity contribution >= 4 is 21.8 Å². The standard InChI is InChI=1S/C12H16BrFN2O/c1-15(2)6-7-16(3)12(17)10-8-9(14)4-5-11(10)13/h4-5,8H,6-7H2,1-3H3. The molecule has 0 aliphatic rings. The highest BCUT2D eigenvalue weighted by atomic mass is 79.9. The average Bonchev–Trinajstić information content (AvgIpc) is 2.28. The second kappa shape index (κ2) is 6.12. The van der Waals surface area contributed by atoms with Gasteiger partial charge in [-0.3, -0.25) is 4.79 Å². The van der Waals surface area contributed by atoms with E-state index in [2.05, 4.69) is 15.9 Å². The van der Waals surface area contributed by atoms with Gasteiger partial charge >= 0.3 is 0 Å². The third kappa shape index (κ3) is 4.09. The van der Waals surface area contributed by atoms with Crippen LogP contribution in [0.3, 0.4) is 0 Å². The van der Waals surface area contributed by atoms with Crippen molar-refractivity contribution in [3.8, 4) is 0 Å². The molecule has 1 aromatic rings. The van der Waals surface area contributed by atoms with Gasteiger partial charge in [0.2, 0.25) is 0 Å². The average molecular weight is 303 g/mol. The van der Waals surface area contributed by atoms with Crippen LogP contribution in [0.1, 0.15) is 10.4 Å². The second-order valence-corrected chi connectivity index (χ2v) is 5.01. The predicted molar refractivity (Wildman–Crippen MR) is 69.6 cm³/mol. The Hall–Kier alpha value is -0.940. The summed E-state index contributed by atoms with van der Waals surface area (Å²) in [6.45, 7) is 1.38. The fraction of sp³-hybridized carbons (Fsp3) is 0.417. The third-order valence-corrected chi connectivity index (χ3v) is 3.08. The van der Waals surface area contributed by atoms with Crippen LogP contribution >= 0.6 is 15.9 Å². The molecular weight excluding hydrogens is 287 g/mol. The molecule has 0 atom stereocenters. The molecule has 17 heavy (non-hydrogen) atoms. The Morgan fingerprint density at radius 2 is 1.94 bits per heavy atom. The zero-order valence-electron chi connectivity index (χ0n) is 10.2. The van der Waals surface area contributed by atoms with E-state index in [1.54, 1.807) is 18.0 Å². The zero-order chi connectivity index (χ0) is 13.0. The van der Waals surface area contributed by atoms with Gasteiger partial charge in [-0.25, -0.2) is 4.39 Å². The van der Waals surface area contributed by atoms with Gasteiger partial charge < -0.3 is 9.80 Å². The van der Waals surface area contributed by atoms with Gasteiger partial charge in [-0.05, 0) is 48.2 Å². The molecule has 1 rings (SSSR count). The smallest absolute Gasteiger partial charge is 0.254 e. The van der Waals surface area contributed by atoms with Gasteiger partial charge in [0.1, 0.15) is 5.82 Å². The first-order valence-electron chi connectivity index (χ1n) is 5.27. The van der Waals surface area contributed by atoms with Gasteiger partial charge in [-0.1, -0.05) is 0 Å². The number of rotatable bonds is 4. The Morgan fingerprint density at radius 1 is 1.29 bits per heavy atom. The maximum atomic E-state index is 13.1. The molecule has 0 unspecified atom stereocenters. The zero-order valence-corrected chi connectivity index (χ0v) is 11.8. The summed E-state index contributed by atoms with van der Waals surface area (Å²) in [5.74, 6) is -0.587. The Morgan fingerprint density at radius 3 is 2.53 bits per heavy atom. The van der Waals surface area contributed by atoms with Gasteiger partial charge in [0.15, 0.2) is 0 Å². The lowest BCUT2D eigenvalue weighted by molar-refractivity contribution is 0.0785. The van der Waals surface area contributed by atoms with E-state index < -0.39 is 5.82 Å². The fourth-order valence-electron chi connectivity index (χ4n) is 1.32.